The van der Waals surface area contributed by atoms with E-state index in [9.17, 15) is 9.59 Å². The first kappa shape index (κ1) is 11.3. The van der Waals surface area contributed by atoms with E-state index < -0.39 is 0 Å². The van der Waals surface area contributed by atoms with E-state index in [1.807, 2.05) is 17.2 Å². The average Bonchev–Trinajstić information content (AvgIpc) is 2.70. The fourth-order valence-corrected chi connectivity index (χ4v) is 2.74. The van der Waals surface area contributed by atoms with Crippen molar-refractivity contribution in [1.29, 1.82) is 0 Å². The molecule has 1 atom stereocenters. The van der Waals surface area contributed by atoms with Gasteiger partial charge in [0.2, 0.25) is 5.91 Å². The van der Waals surface area contributed by atoms with Gasteiger partial charge >= 0.3 is 0 Å². The highest BCUT2D eigenvalue weighted by atomic mass is 32.1. The third-order valence-electron chi connectivity index (χ3n) is 2.94. The Morgan fingerprint density at radius 3 is 2.94 bits per heavy atom. The largest absolute Gasteiger partial charge is 0.339 e. The van der Waals surface area contributed by atoms with Gasteiger partial charge in [0.15, 0.2) is 0 Å². The molecule has 4 heteroatoms. The maximum atomic E-state index is 11.7. The van der Waals surface area contributed by atoms with Crippen molar-refractivity contribution in [1.82, 2.24) is 4.90 Å². The molecule has 0 aromatic carbocycles. The van der Waals surface area contributed by atoms with E-state index in [0.29, 0.717) is 13.0 Å². The molecule has 1 aromatic rings. The molecule has 1 unspecified atom stereocenters. The number of likely N-dealkylation sites (tertiary alicyclic amines) is 1. The van der Waals surface area contributed by atoms with E-state index in [-0.39, 0.29) is 24.2 Å². The summed E-state index contributed by atoms with van der Waals surface area (Å²) < 4.78 is 0. The molecule has 0 radical (unpaired) electrons. The number of amides is 1. The lowest BCUT2D eigenvalue weighted by Gasteiger charge is -2.31. The second kappa shape index (κ2) is 4.78. The molecular formula is C12H15NO2S. The van der Waals surface area contributed by atoms with E-state index in [4.69, 9.17) is 0 Å². The van der Waals surface area contributed by atoms with Crippen molar-refractivity contribution in [3.8, 4) is 0 Å². The molecule has 1 amide bonds. The lowest BCUT2D eigenvalue weighted by atomic mass is 10.0. The molecule has 86 valence electrons. The van der Waals surface area contributed by atoms with Gasteiger partial charge in [0, 0.05) is 19.0 Å². The van der Waals surface area contributed by atoms with E-state index >= 15 is 0 Å². The van der Waals surface area contributed by atoms with E-state index in [2.05, 4.69) is 11.4 Å². The number of thiophene rings is 1. The standard InChI is InChI=1S/C12H15NO2S/c1-9(6-10-3-5-16-8-10)13-4-2-11(14)7-12(13)15/h3,5,8-9H,2,4,6-7H2,1H3. The molecule has 0 aliphatic carbocycles. The minimum atomic E-state index is -0.0148. The number of carbonyl (C=O) groups is 2. The zero-order valence-corrected chi connectivity index (χ0v) is 10.1. The minimum absolute atomic E-state index is 0.0148. The molecule has 1 aliphatic heterocycles. The molecule has 2 heterocycles. The first-order valence-corrected chi connectivity index (χ1v) is 6.43. The topological polar surface area (TPSA) is 37.4 Å². The maximum Gasteiger partial charge on any atom is 0.230 e. The zero-order chi connectivity index (χ0) is 11.5. The summed E-state index contributed by atoms with van der Waals surface area (Å²) in [4.78, 5) is 24.6. The van der Waals surface area contributed by atoms with Crippen molar-refractivity contribution in [2.45, 2.75) is 32.2 Å². The van der Waals surface area contributed by atoms with Gasteiger partial charge in [0.25, 0.3) is 0 Å². The first-order valence-electron chi connectivity index (χ1n) is 5.49. The number of Topliss-reactive ketones (excluding diaryl/α,β-unsaturated/α-hetero) is 1. The van der Waals surface area contributed by atoms with Crippen LogP contribution in [0.3, 0.4) is 0 Å². The molecule has 1 fully saturated rings. The number of rotatable bonds is 3. The summed E-state index contributed by atoms with van der Waals surface area (Å²) in [6.07, 6.45) is 1.48. The fourth-order valence-electron chi connectivity index (χ4n) is 2.05. The van der Waals surface area contributed by atoms with Crippen LogP contribution in [0.15, 0.2) is 16.8 Å². The first-order chi connectivity index (χ1) is 7.66. The molecule has 2 rings (SSSR count). The Balaban J connectivity index is 1.96. The normalized spacial score (nSPS) is 18.9. The number of ketones is 1. The molecule has 1 aromatic heterocycles. The lowest BCUT2D eigenvalue weighted by Crippen LogP contribution is -2.45. The predicted octanol–water partition coefficient (Wildman–Crippen LogP) is 1.87. The van der Waals surface area contributed by atoms with E-state index in [1.54, 1.807) is 11.3 Å². The molecule has 0 spiro atoms. The monoisotopic (exact) mass is 237 g/mol. The highest BCUT2D eigenvalue weighted by molar-refractivity contribution is 7.07. The van der Waals surface area contributed by atoms with Gasteiger partial charge in [-0.3, -0.25) is 9.59 Å². The molecule has 3 nitrogen and oxygen atoms in total. The van der Waals surface area contributed by atoms with Gasteiger partial charge < -0.3 is 4.90 Å². The van der Waals surface area contributed by atoms with Crippen molar-refractivity contribution >= 4 is 23.0 Å². The van der Waals surface area contributed by atoms with Gasteiger partial charge in [-0.1, -0.05) is 0 Å². The van der Waals surface area contributed by atoms with Crippen LogP contribution in [0.25, 0.3) is 0 Å². The van der Waals surface area contributed by atoms with Crippen LogP contribution in [0.2, 0.25) is 0 Å². The second-order valence-electron chi connectivity index (χ2n) is 4.24. The molecule has 0 saturated carbocycles. The van der Waals surface area contributed by atoms with Gasteiger partial charge in [0.05, 0.1) is 6.42 Å². The third-order valence-corrected chi connectivity index (χ3v) is 3.68. The van der Waals surface area contributed by atoms with E-state index in [0.717, 1.165) is 6.42 Å². The van der Waals surface area contributed by atoms with Crippen LogP contribution < -0.4 is 0 Å². The number of hydrogen-bond acceptors (Lipinski definition) is 3. The number of nitrogens with zero attached hydrogens (tertiary/aromatic N) is 1. The minimum Gasteiger partial charge on any atom is -0.339 e. The van der Waals surface area contributed by atoms with Crippen LogP contribution in [0.1, 0.15) is 25.3 Å². The Labute approximate surface area is 99.1 Å². The summed E-state index contributed by atoms with van der Waals surface area (Å²) in [6, 6.07) is 2.27. The van der Waals surface area contributed by atoms with Crippen LogP contribution in [0.4, 0.5) is 0 Å². The molecular weight excluding hydrogens is 222 g/mol. The second-order valence-corrected chi connectivity index (χ2v) is 5.02. The highest BCUT2D eigenvalue weighted by Gasteiger charge is 2.27. The third kappa shape index (κ3) is 2.50. The smallest absolute Gasteiger partial charge is 0.230 e. The lowest BCUT2D eigenvalue weighted by molar-refractivity contribution is -0.141. The van der Waals surface area contributed by atoms with Gasteiger partial charge in [-0.25, -0.2) is 0 Å². The fraction of sp³-hybridized carbons (Fsp3) is 0.500. The van der Waals surface area contributed by atoms with Gasteiger partial charge in [-0.05, 0) is 35.7 Å². The van der Waals surface area contributed by atoms with Gasteiger partial charge in [0.1, 0.15) is 5.78 Å². The molecule has 0 N–H and O–H groups in total. The number of hydrogen-bond donors (Lipinski definition) is 0. The molecule has 1 aliphatic rings. The van der Waals surface area contributed by atoms with Crippen molar-refractivity contribution in [2.75, 3.05) is 6.54 Å². The molecule has 0 bridgehead atoms. The van der Waals surface area contributed by atoms with Crippen molar-refractivity contribution in [2.24, 2.45) is 0 Å². The maximum absolute atomic E-state index is 11.7. The Morgan fingerprint density at radius 1 is 1.50 bits per heavy atom. The van der Waals surface area contributed by atoms with Crippen LogP contribution in [0.5, 0.6) is 0 Å². The van der Waals surface area contributed by atoms with Gasteiger partial charge in [-0.2, -0.15) is 11.3 Å². The van der Waals surface area contributed by atoms with Crippen LogP contribution in [-0.2, 0) is 16.0 Å². The zero-order valence-electron chi connectivity index (χ0n) is 9.31. The summed E-state index contributed by atoms with van der Waals surface area (Å²) in [5.41, 5.74) is 1.27. The van der Waals surface area contributed by atoms with Crippen LogP contribution in [-0.4, -0.2) is 29.2 Å². The summed E-state index contributed by atoms with van der Waals surface area (Å²) in [5, 5.41) is 4.15. The van der Waals surface area contributed by atoms with Crippen LogP contribution in [0, 0.1) is 0 Å². The molecule has 1 saturated heterocycles. The summed E-state index contributed by atoms with van der Waals surface area (Å²) >= 11 is 1.67. The Bertz CT molecular complexity index is 386. The number of carbonyl (C=O) groups excluding carboxylic acids is 2. The molecule has 16 heavy (non-hydrogen) atoms. The Kier molecular flexibility index (Phi) is 3.39. The SMILES string of the molecule is CC(Cc1ccsc1)N1CCC(=O)CC1=O. The van der Waals surface area contributed by atoms with E-state index in [1.165, 1.54) is 5.56 Å². The highest BCUT2D eigenvalue weighted by Crippen LogP contribution is 2.16. The quantitative estimate of drug-likeness (QED) is 0.753. The van der Waals surface area contributed by atoms with Crippen molar-refractivity contribution < 1.29 is 9.59 Å². The Hall–Kier alpha value is -1.16. The average molecular weight is 237 g/mol. The van der Waals surface area contributed by atoms with Crippen molar-refractivity contribution in [3.63, 3.8) is 0 Å². The Morgan fingerprint density at radius 2 is 2.31 bits per heavy atom. The van der Waals surface area contributed by atoms with Gasteiger partial charge in [-0.15, -0.1) is 0 Å². The predicted molar refractivity (Wildman–Crippen MR) is 63.4 cm³/mol. The van der Waals surface area contributed by atoms with Crippen molar-refractivity contribution in [3.05, 3.63) is 22.4 Å². The summed E-state index contributed by atoms with van der Waals surface area (Å²) in [7, 11) is 0. The summed E-state index contributed by atoms with van der Waals surface area (Å²) in [6.45, 7) is 2.63. The van der Waals surface area contributed by atoms with Crippen LogP contribution >= 0.6 is 11.3 Å². The summed E-state index contributed by atoms with van der Waals surface area (Å²) in [5.74, 6) is 0.0583. The number of piperidine rings is 1.